The molecule has 3 heterocycles. The van der Waals surface area contributed by atoms with Crippen molar-refractivity contribution >= 4 is 57.2 Å². The molecule has 2 aromatic heterocycles. The Morgan fingerprint density at radius 3 is 2.49 bits per heavy atom. The van der Waals surface area contributed by atoms with E-state index >= 15 is 0 Å². The van der Waals surface area contributed by atoms with Crippen molar-refractivity contribution in [2.75, 3.05) is 62.2 Å². The van der Waals surface area contributed by atoms with Crippen LogP contribution >= 0.6 is 23.1 Å². The highest BCUT2D eigenvalue weighted by Gasteiger charge is 2.23. The second kappa shape index (κ2) is 11.8. The summed E-state index contributed by atoms with van der Waals surface area (Å²) in [6.45, 7) is 11.3. The topological polar surface area (TPSA) is 109 Å². The average molecular weight is 640 g/mol. The standard InChI is InChI=1S/C29H36BrN8O2P/c1-18-7-8-23(27(19(18)2)41(5,6)39)34-28-22(30)16-32-29(36-28)35-24-13-21(20-15-33-37(3)17-20)25(14-26(24)40-4)38-11-9-31-10-12-38/h7-8,13-17,31H,9-12H2,1-6H3,(H2,32,34,35,36). The minimum atomic E-state index is -2.57. The lowest BCUT2D eigenvalue weighted by Crippen LogP contribution is -2.43. The third-order valence-corrected chi connectivity index (χ3v) is 9.51. The van der Waals surface area contributed by atoms with Gasteiger partial charge in [0.05, 0.1) is 29.2 Å². The van der Waals surface area contributed by atoms with E-state index in [4.69, 9.17) is 9.72 Å². The quantitative estimate of drug-likeness (QED) is 0.218. The van der Waals surface area contributed by atoms with Crippen LogP contribution in [0.25, 0.3) is 11.1 Å². The normalized spacial score (nSPS) is 13.8. The van der Waals surface area contributed by atoms with Gasteiger partial charge in [0.2, 0.25) is 5.95 Å². The van der Waals surface area contributed by atoms with E-state index in [0.717, 1.165) is 70.8 Å². The first-order valence-electron chi connectivity index (χ1n) is 13.4. The second-order valence-electron chi connectivity index (χ2n) is 10.6. The average Bonchev–Trinajstić information content (AvgIpc) is 3.38. The molecule has 216 valence electrons. The molecule has 0 atom stereocenters. The van der Waals surface area contributed by atoms with Crippen LogP contribution in [-0.4, -0.2) is 66.4 Å². The predicted molar refractivity (Wildman–Crippen MR) is 172 cm³/mol. The molecular weight excluding hydrogens is 603 g/mol. The maximum absolute atomic E-state index is 13.2. The first kappa shape index (κ1) is 29.1. The van der Waals surface area contributed by atoms with E-state index in [-0.39, 0.29) is 0 Å². The molecule has 0 spiro atoms. The molecule has 41 heavy (non-hydrogen) atoms. The molecule has 3 N–H and O–H groups in total. The highest BCUT2D eigenvalue weighted by atomic mass is 79.9. The number of nitrogens with one attached hydrogen (secondary N) is 3. The summed E-state index contributed by atoms with van der Waals surface area (Å²) >= 11 is 3.58. The third kappa shape index (κ3) is 6.27. The summed E-state index contributed by atoms with van der Waals surface area (Å²) in [5, 5.41) is 15.4. The van der Waals surface area contributed by atoms with E-state index in [1.807, 2.05) is 45.4 Å². The van der Waals surface area contributed by atoms with Crippen LogP contribution in [0.1, 0.15) is 11.1 Å². The lowest BCUT2D eigenvalue weighted by atomic mass is 10.0. The summed E-state index contributed by atoms with van der Waals surface area (Å²) in [5.74, 6) is 1.63. The summed E-state index contributed by atoms with van der Waals surface area (Å²) in [7, 11) is 1.01. The number of hydrogen-bond acceptors (Lipinski definition) is 9. The van der Waals surface area contributed by atoms with Crippen molar-refractivity contribution in [2.24, 2.45) is 7.05 Å². The van der Waals surface area contributed by atoms with Crippen molar-refractivity contribution in [1.29, 1.82) is 0 Å². The van der Waals surface area contributed by atoms with E-state index in [1.54, 1.807) is 31.3 Å². The monoisotopic (exact) mass is 638 g/mol. The number of benzene rings is 2. The minimum absolute atomic E-state index is 0.391. The molecule has 1 saturated heterocycles. The summed E-state index contributed by atoms with van der Waals surface area (Å²) in [6.07, 6.45) is 5.58. The minimum Gasteiger partial charge on any atom is -0.494 e. The molecule has 0 radical (unpaired) electrons. The molecular formula is C29H36BrN8O2P. The Morgan fingerprint density at radius 2 is 1.83 bits per heavy atom. The lowest BCUT2D eigenvalue weighted by molar-refractivity contribution is 0.416. The van der Waals surface area contributed by atoms with E-state index in [0.29, 0.717) is 22.0 Å². The molecule has 0 saturated carbocycles. The Balaban J connectivity index is 1.53. The Bertz CT molecular complexity index is 1630. The largest absolute Gasteiger partial charge is 0.494 e. The van der Waals surface area contributed by atoms with Crippen molar-refractivity contribution in [3.8, 4) is 16.9 Å². The molecule has 10 nitrogen and oxygen atoms in total. The summed E-state index contributed by atoms with van der Waals surface area (Å²) < 4.78 is 21.6. The Kier molecular flexibility index (Phi) is 8.40. The van der Waals surface area contributed by atoms with Crippen LogP contribution in [0.4, 0.5) is 28.8 Å². The zero-order valence-corrected chi connectivity index (χ0v) is 26.7. The number of rotatable bonds is 8. The van der Waals surface area contributed by atoms with Crippen LogP contribution < -0.4 is 30.9 Å². The molecule has 12 heteroatoms. The SMILES string of the molecule is COc1cc(N2CCNCC2)c(-c2cnn(C)c2)cc1Nc1ncc(Br)c(Nc2ccc(C)c(C)c2P(C)(C)=O)n1. The first-order valence-corrected chi connectivity index (χ1v) is 16.8. The van der Waals surface area contributed by atoms with Crippen molar-refractivity contribution in [1.82, 2.24) is 25.1 Å². The van der Waals surface area contributed by atoms with Crippen LogP contribution in [0.15, 0.2) is 47.3 Å². The third-order valence-electron chi connectivity index (χ3n) is 7.28. The summed E-state index contributed by atoms with van der Waals surface area (Å²) in [4.78, 5) is 11.7. The summed E-state index contributed by atoms with van der Waals surface area (Å²) in [5.41, 5.74) is 6.76. The number of methoxy groups -OCH3 is 1. The number of ether oxygens (including phenoxy) is 1. The van der Waals surface area contributed by atoms with Crippen molar-refractivity contribution in [2.45, 2.75) is 13.8 Å². The molecule has 1 aliphatic heterocycles. The molecule has 5 rings (SSSR count). The van der Waals surface area contributed by atoms with Gasteiger partial charge in [-0.25, -0.2) is 4.98 Å². The van der Waals surface area contributed by atoms with Crippen LogP contribution in [-0.2, 0) is 11.6 Å². The van der Waals surface area contributed by atoms with Gasteiger partial charge in [0.15, 0.2) is 0 Å². The van der Waals surface area contributed by atoms with Gasteiger partial charge < -0.3 is 30.2 Å². The molecule has 0 unspecified atom stereocenters. The van der Waals surface area contributed by atoms with Crippen LogP contribution in [0.2, 0.25) is 0 Å². The van der Waals surface area contributed by atoms with Gasteiger partial charge in [0.25, 0.3) is 0 Å². The zero-order valence-electron chi connectivity index (χ0n) is 24.2. The van der Waals surface area contributed by atoms with Gasteiger partial charge in [-0.1, -0.05) is 6.07 Å². The van der Waals surface area contributed by atoms with Gasteiger partial charge in [0.1, 0.15) is 18.7 Å². The number of aromatic nitrogens is 4. The molecule has 2 aromatic carbocycles. The van der Waals surface area contributed by atoms with E-state index < -0.39 is 7.14 Å². The Labute approximate surface area is 249 Å². The number of anilines is 5. The molecule has 0 bridgehead atoms. The number of halogens is 1. The molecule has 0 aliphatic carbocycles. The Morgan fingerprint density at radius 1 is 1.07 bits per heavy atom. The number of aryl methyl sites for hydroxylation is 2. The number of hydrogen-bond donors (Lipinski definition) is 3. The van der Waals surface area contributed by atoms with Gasteiger partial charge in [0, 0.05) is 73.8 Å². The fourth-order valence-electron chi connectivity index (χ4n) is 5.15. The van der Waals surface area contributed by atoms with Crippen LogP contribution in [0.3, 0.4) is 0 Å². The lowest BCUT2D eigenvalue weighted by Gasteiger charge is -2.31. The molecule has 1 fully saturated rings. The van der Waals surface area contributed by atoms with Gasteiger partial charge in [-0.2, -0.15) is 10.1 Å². The Hall–Kier alpha value is -3.40. The fourth-order valence-corrected chi connectivity index (χ4v) is 7.14. The maximum atomic E-state index is 13.2. The highest BCUT2D eigenvalue weighted by molar-refractivity contribution is 9.10. The first-order chi connectivity index (χ1) is 19.5. The van der Waals surface area contributed by atoms with E-state index in [9.17, 15) is 4.57 Å². The van der Waals surface area contributed by atoms with Crippen molar-refractivity contribution < 1.29 is 9.30 Å². The highest BCUT2D eigenvalue weighted by Crippen LogP contribution is 2.42. The number of piperazine rings is 1. The van der Waals surface area contributed by atoms with Gasteiger partial charge in [-0.3, -0.25) is 4.68 Å². The van der Waals surface area contributed by atoms with Crippen molar-refractivity contribution in [3.63, 3.8) is 0 Å². The fraction of sp³-hybridized carbons (Fsp3) is 0.345. The van der Waals surface area contributed by atoms with Crippen LogP contribution in [0, 0.1) is 13.8 Å². The molecule has 0 amide bonds. The molecule has 4 aromatic rings. The molecule has 1 aliphatic rings. The second-order valence-corrected chi connectivity index (χ2v) is 14.6. The predicted octanol–water partition coefficient (Wildman–Crippen LogP) is 5.41. The van der Waals surface area contributed by atoms with Crippen molar-refractivity contribution in [3.05, 3.63) is 58.5 Å². The van der Waals surface area contributed by atoms with Gasteiger partial charge >= 0.3 is 0 Å². The summed E-state index contributed by atoms with van der Waals surface area (Å²) in [6, 6.07) is 8.11. The van der Waals surface area contributed by atoms with Gasteiger partial charge in [-0.05, 0) is 66.4 Å². The van der Waals surface area contributed by atoms with E-state index in [2.05, 4.69) is 59.0 Å². The maximum Gasteiger partial charge on any atom is 0.229 e. The van der Waals surface area contributed by atoms with Crippen LogP contribution in [0.5, 0.6) is 5.75 Å². The zero-order chi connectivity index (χ0) is 29.3. The van der Waals surface area contributed by atoms with Gasteiger partial charge in [-0.15, -0.1) is 0 Å². The number of nitrogens with zero attached hydrogens (tertiary/aromatic N) is 5. The van der Waals surface area contributed by atoms with E-state index in [1.165, 1.54) is 0 Å². The smallest absolute Gasteiger partial charge is 0.229 e.